The molecule has 6 heteroatoms. The zero-order valence-corrected chi connectivity index (χ0v) is 11.1. The van der Waals surface area contributed by atoms with E-state index >= 15 is 0 Å². The average molecular weight is 313 g/mol. The van der Waals surface area contributed by atoms with Crippen LogP contribution in [0.2, 0.25) is 0 Å². The summed E-state index contributed by atoms with van der Waals surface area (Å²) in [5.41, 5.74) is 6.66. The second-order valence-corrected chi connectivity index (χ2v) is 4.38. The molecule has 0 atom stereocenters. The van der Waals surface area contributed by atoms with Crippen molar-refractivity contribution in [2.45, 2.75) is 12.8 Å². The number of carboxylic acids is 1. The largest absolute Gasteiger partial charge is 0.481 e. The number of nitrogens with zero attached hydrogens (tertiary/aromatic N) is 1. The van der Waals surface area contributed by atoms with Crippen LogP contribution < -0.4 is 5.73 Å². The molecule has 1 aromatic carbocycles. The molecule has 0 fully saturated rings. The maximum atomic E-state index is 10.2. The van der Waals surface area contributed by atoms with Gasteiger partial charge in [0.15, 0.2) is 0 Å². The Balaban J connectivity index is 2.40. The van der Waals surface area contributed by atoms with Crippen molar-refractivity contribution in [1.82, 2.24) is 0 Å². The van der Waals surface area contributed by atoms with Gasteiger partial charge in [0.1, 0.15) is 12.1 Å². The lowest BCUT2D eigenvalue weighted by Crippen LogP contribution is -2.14. The van der Waals surface area contributed by atoms with Gasteiger partial charge in [-0.3, -0.25) is 4.79 Å². The maximum Gasteiger partial charge on any atom is 0.307 e. The van der Waals surface area contributed by atoms with Crippen LogP contribution in [-0.2, 0) is 16.1 Å². The Hall–Kier alpha value is -1.82. The molecule has 0 saturated heterocycles. The van der Waals surface area contributed by atoms with Crippen molar-refractivity contribution >= 4 is 27.7 Å². The smallest absolute Gasteiger partial charge is 0.307 e. The molecule has 0 unspecified atom stereocenters. The molecule has 0 bridgehead atoms. The monoisotopic (exact) mass is 312 g/mol. The number of halogens is 1. The predicted molar refractivity (Wildman–Crippen MR) is 71.9 cm³/mol. The van der Waals surface area contributed by atoms with Crippen LogP contribution in [0, 0.1) is 0 Å². The van der Waals surface area contributed by atoms with Crippen molar-refractivity contribution in [2.24, 2.45) is 10.9 Å². The normalized spacial score (nSPS) is 11.7. The Morgan fingerprint density at radius 2 is 2.11 bits per heavy atom. The Kier molecular flexibility index (Phi) is 5.93. The van der Waals surface area contributed by atoms with Gasteiger partial charge in [-0.25, -0.2) is 0 Å². The number of oxime groups is 1. The lowest BCUT2D eigenvalue weighted by Gasteiger charge is -2.00. The lowest BCUT2D eigenvalue weighted by molar-refractivity contribution is -0.136. The summed E-state index contributed by atoms with van der Waals surface area (Å²) in [5.74, 6) is -0.612. The van der Waals surface area contributed by atoms with E-state index in [4.69, 9.17) is 15.7 Å². The molecule has 0 spiro atoms. The summed E-state index contributed by atoms with van der Waals surface area (Å²) in [6.07, 6.45) is 2.91. The van der Waals surface area contributed by atoms with E-state index in [1.807, 2.05) is 24.3 Å². The van der Waals surface area contributed by atoms with Crippen LogP contribution in [-0.4, -0.2) is 16.9 Å². The Morgan fingerprint density at radius 1 is 1.44 bits per heavy atom. The summed E-state index contributed by atoms with van der Waals surface area (Å²) in [7, 11) is 0. The molecule has 1 aromatic rings. The average Bonchev–Trinajstić information content (AvgIpc) is 2.31. The van der Waals surface area contributed by atoms with Crippen molar-refractivity contribution in [1.29, 1.82) is 0 Å². The van der Waals surface area contributed by atoms with Gasteiger partial charge >= 0.3 is 5.97 Å². The number of nitrogens with two attached hydrogens (primary N) is 1. The van der Waals surface area contributed by atoms with Gasteiger partial charge in [-0.05, 0) is 23.8 Å². The van der Waals surface area contributed by atoms with E-state index in [1.54, 1.807) is 0 Å². The zero-order valence-electron chi connectivity index (χ0n) is 9.54. The van der Waals surface area contributed by atoms with Gasteiger partial charge in [0.2, 0.25) is 0 Å². The molecule has 3 N–H and O–H groups in total. The maximum absolute atomic E-state index is 10.2. The minimum atomic E-state index is -0.929. The quantitative estimate of drug-likeness (QED) is 0.365. The Bertz CT molecular complexity index is 455. The Labute approximate surface area is 113 Å². The SMILES string of the molecule is N/C(Cc1ccc(Br)cc1)=N/O/C=C/CC(=O)O. The number of amidine groups is 1. The molecule has 0 radical (unpaired) electrons. The first-order valence-corrected chi connectivity index (χ1v) is 5.96. The van der Waals surface area contributed by atoms with E-state index in [0.29, 0.717) is 12.3 Å². The summed E-state index contributed by atoms with van der Waals surface area (Å²) in [6.45, 7) is 0. The van der Waals surface area contributed by atoms with Gasteiger partial charge < -0.3 is 15.7 Å². The minimum absolute atomic E-state index is 0.109. The molecule has 0 saturated carbocycles. The highest BCUT2D eigenvalue weighted by atomic mass is 79.9. The zero-order chi connectivity index (χ0) is 13.4. The standard InChI is InChI=1S/C12H13BrN2O3/c13-10-5-3-9(4-6-10)8-11(14)15-18-7-1-2-12(16)17/h1,3-7H,2,8H2,(H2,14,15)(H,16,17)/b7-1+. The Morgan fingerprint density at radius 3 is 2.72 bits per heavy atom. The molecule has 5 nitrogen and oxygen atoms in total. The van der Waals surface area contributed by atoms with Crippen LogP contribution in [0.1, 0.15) is 12.0 Å². The first-order valence-electron chi connectivity index (χ1n) is 5.17. The highest BCUT2D eigenvalue weighted by Crippen LogP contribution is 2.10. The molecular weight excluding hydrogens is 300 g/mol. The van der Waals surface area contributed by atoms with E-state index in [9.17, 15) is 4.79 Å². The van der Waals surface area contributed by atoms with Crippen LogP contribution in [0.5, 0.6) is 0 Å². The van der Waals surface area contributed by atoms with Gasteiger partial charge in [0.25, 0.3) is 0 Å². The molecule has 0 aromatic heterocycles. The summed E-state index contributed by atoms with van der Waals surface area (Å²) >= 11 is 3.34. The fourth-order valence-electron chi connectivity index (χ4n) is 1.13. The number of aliphatic carboxylic acids is 1. The second-order valence-electron chi connectivity index (χ2n) is 3.46. The molecule has 0 amide bonds. The van der Waals surface area contributed by atoms with E-state index < -0.39 is 5.97 Å². The van der Waals surface area contributed by atoms with Gasteiger partial charge in [0.05, 0.1) is 6.42 Å². The number of hydrogen-bond acceptors (Lipinski definition) is 3. The first-order chi connectivity index (χ1) is 8.58. The molecule has 18 heavy (non-hydrogen) atoms. The van der Waals surface area contributed by atoms with Crippen molar-refractivity contribution < 1.29 is 14.7 Å². The third kappa shape index (κ3) is 6.05. The number of carboxylic acid groups (broad SMARTS) is 1. The van der Waals surface area contributed by atoms with Crippen LogP contribution in [0.4, 0.5) is 0 Å². The molecular formula is C12H13BrN2O3. The molecule has 0 heterocycles. The summed E-state index contributed by atoms with van der Waals surface area (Å²) < 4.78 is 0.995. The van der Waals surface area contributed by atoms with Crippen molar-refractivity contribution in [3.8, 4) is 0 Å². The molecule has 0 aliphatic rings. The molecule has 96 valence electrons. The van der Waals surface area contributed by atoms with Gasteiger partial charge in [-0.2, -0.15) is 0 Å². The first kappa shape index (κ1) is 14.2. The number of benzene rings is 1. The molecule has 0 aliphatic carbocycles. The lowest BCUT2D eigenvalue weighted by atomic mass is 10.1. The predicted octanol–water partition coefficient (Wildman–Crippen LogP) is 2.27. The molecule has 1 rings (SSSR count). The van der Waals surface area contributed by atoms with Crippen LogP contribution in [0.15, 0.2) is 46.2 Å². The van der Waals surface area contributed by atoms with Crippen molar-refractivity contribution in [2.75, 3.05) is 0 Å². The van der Waals surface area contributed by atoms with Gasteiger partial charge in [-0.1, -0.05) is 33.2 Å². The van der Waals surface area contributed by atoms with E-state index in [-0.39, 0.29) is 6.42 Å². The topological polar surface area (TPSA) is 84.9 Å². The van der Waals surface area contributed by atoms with Gasteiger partial charge in [0, 0.05) is 10.9 Å². The minimum Gasteiger partial charge on any atom is -0.481 e. The third-order valence-corrected chi connectivity index (χ3v) is 2.45. The van der Waals surface area contributed by atoms with Crippen molar-refractivity contribution in [3.05, 3.63) is 46.6 Å². The summed E-state index contributed by atoms with van der Waals surface area (Å²) in [5, 5.41) is 12.0. The highest BCUT2D eigenvalue weighted by Gasteiger charge is 1.97. The number of rotatable bonds is 6. The summed E-state index contributed by atoms with van der Waals surface area (Å²) in [6, 6.07) is 7.67. The summed E-state index contributed by atoms with van der Waals surface area (Å²) in [4.78, 5) is 14.9. The van der Waals surface area contributed by atoms with Crippen LogP contribution in [0.25, 0.3) is 0 Å². The fraction of sp³-hybridized carbons (Fsp3) is 0.167. The third-order valence-electron chi connectivity index (χ3n) is 1.92. The second kappa shape index (κ2) is 7.50. The van der Waals surface area contributed by atoms with Crippen LogP contribution in [0.3, 0.4) is 0 Å². The highest BCUT2D eigenvalue weighted by molar-refractivity contribution is 9.10. The van der Waals surface area contributed by atoms with Gasteiger partial charge in [-0.15, -0.1) is 0 Å². The van der Waals surface area contributed by atoms with E-state index in [1.165, 1.54) is 12.3 Å². The fourth-order valence-corrected chi connectivity index (χ4v) is 1.40. The number of hydrogen-bond donors (Lipinski definition) is 2. The van der Waals surface area contributed by atoms with Crippen molar-refractivity contribution in [3.63, 3.8) is 0 Å². The number of carbonyl (C=O) groups is 1. The van der Waals surface area contributed by atoms with E-state index in [2.05, 4.69) is 21.1 Å². The van der Waals surface area contributed by atoms with E-state index in [0.717, 1.165) is 10.0 Å². The van der Waals surface area contributed by atoms with Crippen LogP contribution >= 0.6 is 15.9 Å². The molecule has 0 aliphatic heterocycles.